The SMILES string of the molecule is CCCCCC(O)CCN1C(=O)CSC1CCCCCCCC(=O)O. The second-order valence-electron chi connectivity index (χ2n) is 6.99. The highest BCUT2D eigenvalue weighted by Crippen LogP contribution is 2.29. The number of aliphatic hydroxyl groups is 1. The first-order valence-corrected chi connectivity index (χ1v) is 10.9. The number of hydrogen-bond acceptors (Lipinski definition) is 4. The van der Waals surface area contributed by atoms with Crippen LogP contribution in [-0.2, 0) is 9.59 Å². The molecule has 0 spiro atoms. The average molecular weight is 374 g/mol. The lowest BCUT2D eigenvalue weighted by molar-refractivity contribution is -0.137. The molecule has 1 aliphatic rings. The largest absolute Gasteiger partial charge is 0.481 e. The quantitative estimate of drug-likeness (QED) is 0.424. The highest BCUT2D eigenvalue weighted by atomic mass is 32.2. The first kappa shape index (κ1) is 22.3. The van der Waals surface area contributed by atoms with Crippen LogP contribution in [0.4, 0.5) is 0 Å². The van der Waals surface area contributed by atoms with Crippen LogP contribution in [0.2, 0.25) is 0 Å². The van der Waals surface area contributed by atoms with Crippen molar-refractivity contribution in [1.29, 1.82) is 0 Å². The Labute approximate surface area is 156 Å². The summed E-state index contributed by atoms with van der Waals surface area (Å²) < 4.78 is 0. The first-order chi connectivity index (χ1) is 12.0. The molecule has 5 nitrogen and oxygen atoms in total. The minimum atomic E-state index is -0.714. The summed E-state index contributed by atoms with van der Waals surface area (Å²) in [5, 5.41) is 18.9. The van der Waals surface area contributed by atoms with E-state index in [1.807, 2.05) is 4.90 Å². The maximum absolute atomic E-state index is 12.1. The predicted octanol–water partition coefficient (Wildman–Crippen LogP) is 4.03. The number of nitrogens with zero attached hydrogens (tertiary/aromatic N) is 1. The Morgan fingerprint density at radius 1 is 1.16 bits per heavy atom. The Balaban J connectivity index is 2.16. The molecule has 146 valence electrons. The number of carbonyl (C=O) groups excluding carboxylic acids is 1. The molecular formula is C19H35NO4S. The van der Waals surface area contributed by atoms with Crippen molar-refractivity contribution in [3.05, 3.63) is 0 Å². The summed E-state index contributed by atoms with van der Waals surface area (Å²) >= 11 is 1.72. The van der Waals surface area contributed by atoms with Crippen LogP contribution >= 0.6 is 11.8 Å². The number of carbonyl (C=O) groups is 2. The minimum absolute atomic E-state index is 0.206. The lowest BCUT2D eigenvalue weighted by Gasteiger charge is -2.25. The Morgan fingerprint density at radius 2 is 1.88 bits per heavy atom. The van der Waals surface area contributed by atoms with Gasteiger partial charge in [-0.15, -0.1) is 11.8 Å². The number of amides is 1. The molecule has 0 aromatic rings. The summed E-state index contributed by atoms with van der Waals surface area (Å²) in [5.74, 6) is 0.0560. The zero-order chi connectivity index (χ0) is 18.5. The number of carboxylic acid groups (broad SMARTS) is 1. The molecule has 0 aromatic heterocycles. The van der Waals surface area contributed by atoms with Crippen molar-refractivity contribution in [2.24, 2.45) is 0 Å². The predicted molar refractivity (Wildman–Crippen MR) is 103 cm³/mol. The molecule has 1 saturated heterocycles. The van der Waals surface area contributed by atoms with Gasteiger partial charge in [0.25, 0.3) is 0 Å². The summed E-state index contributed by atoms with van der Waals surface area (Å²) in [6.45, 7) is 2.83. The normalized spacial score (nSPS) is 18.7. The fourth-order valence-corrected chi connectivity index (χ4v) is 4.43. The van der Waals surface area contributed by atoms with Crippen LogP contribution < -0.4 is 0 Å². The Hall–Kier alpha value is -0.750. The van der Waals surface area contributed by atoms with Gasteiger partial charge in [0.2, 0.25) is 5.91 Å². The van der Waals surface area contributed by atoms with E-state index < -0.39 is 5.97 Å². The molecule has 1 aliphatic heterocycles. The molecule has 6 heteroatoms. The molecule has 2 N–H and O–H groups in total. The third kappa shape index (κ3) is 10.1. The summed E-state index contributed by atoms with van der Waals surface area (Å²) in [6.07, 6.45) is 10.8. The Morgan fingerprint density at radius 3 is 2.60 bits per heavy atom. The van der Waals surface area contributed by atoms with Crippen molar-refractivity contribution in [3.8, 4) is 0 Å². The van der Waals surface area contributed by atoms with Gasteiger partial charge in [0.1, 0.15) is 0 Å². The van der Waals surface area contributed by atoms with Crippen LogP contribution in [0.1, 0.15) is 84.0 Å². The summed E-state index contributed by atoms with van der Waals surface area (Å²) in [6, 6.07) is 0. The van der Waals surface area contributed by atoms with Gasteiger partial charge in [0, 0.05) is 13.0 Å². The fourth-order valence-electron chi connectivity index (χ4n) is 3.20. The zero-order valence-electron chi connectivity index (χ0n) is 15.6. The zero-order valence-corrected chi connectivity index (χ0v) is 16.4. The van der Waals surface area contributed by atoms with Crippen LogP contribution in [0.15, 0.2) is 0 Å². The van der Waals surface area contributed by atoms with Crippen molar-refractivity contribution in [2.75, 3.05) is 12.3 Å². The van der Waals surface area contributed by atoms with Crippen LogP contribution in [-0.4, -0.2) is 50.8 Å². The number of carboxylic acids is 1. The van der Waals surface area contributed by atoms with Gasteiger partial charge in [-0.25, -0.2) is 0 Å². The second kappa shape index (κ2) is 13.5. The number of thioether (sulfide) groups is 1. The van der Waals surface area contributed by atoms with Gasteiger partial charge < -0.3 is 15.1 Å². The summed E-state index contributed by atoms with van der Waals surface area (Å²) in [4.78, 5) is 24.5. The fraction of sp³-hybridized carbons (Fsp3) is 0.895. The van der Waals surface area contributed by atoms with Crippen LogP contribution in [0.5, 0.6) is 0 Å². The molecular weight excluding hydrogens is 338 g/mol. The van der Waals surface area contributed by atoms with E-state index in [1.165, 1.54) is 0 Å². The topological polar surface area (TPSA) is 77.8 Å². The van der Waals surface area contributed by atoms with Gasteiger partial charge in [-0.1, -0.05) is 51.9 Å². The highest BCUT2D eigenvalue weighted by Gasteiger charge is 2.30. The van der Waals surface area contributed by atoms with Crippen molar-refractivity contribution in [1.82, 2.24) is 4.90 Å². The first-order valence-electron chi connectivity index (χ1n) is 9.85. The highest BCUT2D eigenvalue weighted by molar-refractivity contribution is 8.00. The van der Waals surface area contributed by atoms with E-state index in [2.05, 4.69) is 6.92 Å². The van der Waals surface area contributed by atoms with Gasteiger partial charge in [0.15, 0.2) is 0 Å². The summed E-state index contributed by atoms with van der Waals surface area (Å²) in [7, 11) is 0. The van der Waals surface area contributed by atoms with E-state index in [4.69, 9.17) is 5.11 Å². The second-order valence-corrected chi connectivity index (χ2v) is 8.16. The summed E-state index contributed by atoms with van der Waals surface area (Å²) in [5.41, 5.74) is 0. The molecule has 1 heterocycles. The molecule has 1 fully saturated rings. The lowest BCUT2D eigenvalue weighted by Crippen LogP contribution is -2.35. The molecule has 0 bridgehead atoms. The third-order valence-electron chi connectivity index (χ3n) is 4.75. The number of unbranched alkanes of at least 4 members (excludes halogenated alkanes) is 6. The Bertz CT molecular complexity index is 392. The number of aliphatic carboxylic acids is 1. The van der Waals surface area contributed by atoms with Gasteiger partial charge in [0.05, 0.1) is 17.2 Å². The van der Waals surface area contributed by atoms with Gasteiger partial charge in [-0.3, -0.25) is 9.59 Å². The molecule has 2 unspecified atom stereocenters. The molecule has 1 rings (SSSR count). The van der Waals surface area contributed by atoms with Crippen LogP contribution in [0, 0.1) is 0 Å². The molecule has 0 radical (unpaired) electrons. The van der Waals surface area contributed by atoms with E-state index in [-0.39, 0.29) is 23.8 Å². The average Bonchev–Trinajstić information content (AvgIpc) is 2.92. The minimum Gasteiger partial charge on any atom is -0.481 e. The molecule has 2 atom stereocenters. The lowest BCUT2D eigenvalue weighted by atomic mass is 10.1. The van der Waals surface area contributed by atoms with E-state index >= 15 is 0 Å². The van der Waals surface area contributed by atoms with Crippen LogP contribution in [0.25, 0.3) is 0 Å². The number of aliphatic hydroxyl groups excluding tert-OH is 1. The monoisotopic (exact) mass is 373 g/mol. The maximum atomic E-state index is 12.1. The van der Waals surface area contributed by atoms with Crippen molar-refractivity contribution in [3.63, 3.8) is 0 Å². The molecule has 0 aromatic carbocycles. The van der Waals surface area contributed by atoms with Crippen LogP contribution in [0.3, 0.4) is 0 Å². The molecule has 0 aliphatic carbocycles. The standard InChI is InChI=1S/C19H35NO4S/c1-2-3-7-10-16(21)13-14-20-17(22)15-25-18(20)11-8-5-4-6-9-12-19(23)24/h16,18,21H,2-15H2,1H3,(H,23,24). The van der Waals surface area contributed by atoms with E-state index in [1.54, 1.807) is 11.8 Å². The van der Waals surface area contributed by atoms with E-state index in [0.29, 0.717) is 18.7 Å². The smallest absolute Gasteiger partial charge is 0.303 e. The van der Waals surface area contributed by atoms with Crippen molar-refractivity contribution >= 4 is 23.6 Å². The number of hydrogen-bond donors (Lipinski definition) is 2. The van der Waals surface area contributed by atoms with Gasteiger partial charge in [-0.05, 0) is 25.7 Å². The van der Waals surface area contributed by atoms with Crippen molar-refractivity contribution < 1.29 is 19.8 Å². The molecule has 0 saturated carbocycles. The number of rotatable bonds is 15. The molecule has 1 amide bonds. The third-order valence-corrected chi connectivity index (χ3v) is 6.04. The van der Waals surface area contributed by atoms with Gasteiger partial charge >= 0.3 is 5.97 Å². The van der Waals surface area contributed by atoms with Crippen molar-refractivity contribution in [2.45, 2.75) is 95.5 Å². The maximum Gasteiger partial charge on any atom is 0.303 e. The Kier molecular flexibility index (Phi) is 12.0. The molecule has 25 heavy (non-hydrogen) atoms. The van der Waals surface area contributed by atoms with E-state index in [9.17, 15) is 14.7 Å². The van der Waals surface area contributed by atoms with Gasteiger partial charge in [-0.2, -0.15) is 0 Å². The van der Waals surface area contributed by atoms with E-state index in [0.717, 1.165) is 64.2 Å².